The average molecular weight is 503 g/mol. The summed E-state index contributed by atoms with van der Waals surface area (Å²) in [4.78, 5) is 17.9. The van der Waals surface area contributed by atoms with Gasteiger partial charge in [0.25, 0.3) is 0 Å². The van der Waals surface area contributed by atoms with Crippen LogP contribution in [0.3, 0.4) is 0 Å². The molecule has 0 amide bonds. The van der Waals surface area contributed by atoms with Crippen molar-refractivity contribution < 1.29 is 14.3 Å². The first-order valence-corrected chi connectivity index (χ1v) is 13.0. The van der Waals surface area contributed by atoms with Crippen LogP contribution < -0.4 is 20.4 Å². The Hall–Kier alpha value is -3.88. The lowest BCUT2D eigenvalue weighted by Gasteiger charge is -2.44. The summed E-state index contributed by atoms with van der Waals surface area (Å²) in [6.45, 7) is 2.92. The monoisotopic (exact) mass is 502 g/mol. The number of nitrogen functional groups attached to an aromatic ring is 1. The zero-order valence-corrected chi connectivity index (χ0v) is 20.6. The number of fused-ring (bicyclic) bond motifs is 2. The lowest BCUT2D eigenvalue weighted by atomic mass is 9.98. The average Bonchev–Trinajstić information content (AvgIpc) is 3.18. The van der Waals surface area contributed by atoms with Crippen LogP contribution in [0, 0.1) is 11.7 Å². The Morgan fingerprint density at radius 1 is 0.919 bits per heavy atom. The zero-order chi connectivity index (χ0) is 25.5. The Bertz CT molecular complexity index is 1300. The molecule has 2 aromatic carbocycles. The van der Waals surface area contributed by atoms with Crippen molar-refractivity contribution in [1.82, 2.24) is 10.2 Å². The fourth-order valence-electron chi connectivity index (χ4n) is 6.17. The van der Waals surface area contributed by atoms with Gasteiger partial charge in [-0.05, 0) is 62.1 Å². The summed E-state index contributed by atoms with van der Waals surface area (Å²) in [7, 11) is 0. The first-order valence-electron chi connectivity index (χ1n) is 13.0. The minimum Gasteiger partial charge on any atom is -0.507 e. The number of benzene rings is 2. The van der Waals surface area contributed by atoms with Gasteiger partial charge in [0.2, 0.25) is 0 Å². The van der Waals surface area contributed by atoms with Crippen LogP contribution in [-0.4, -0.2) is 59.9 Å². The van der Waals surface area contributed by atoms with Gasteiger partial charge in [-0.15, -0.1) is 10.2 Å². The first-order chi connectivity index (χ1) is 18.0. The van der Waals surface area contributed by atoms with Crippen molar-refractivity contribution in [2.45, 2.75) is 37.8 Å². The van der Waals surface area contributed by atoms with Gasteiger partial charge in [-0.3, -0.25) is 0 Å². The minimum absolute atomic E-state index is 0.0768. The minimum atomic E-state index is -0.216. The fraction of sp³-hybridized carbons (Fsp3) is 0.393. The molecule has 8 nitrogen and oxygen atoms in total. The van der Waals surface area contributed by atoms with Crippen molar-refractivity contribution >= 4 is 29.2 Å². The highest BCUT2D eigenvalue weighted by atomic mass is 19.1. The van der Waals surface area contributed by atoms with E-state index in [9.17, 15) is 14.3 Å². The van der Waals surface area contributed by atoms with Gasteiger partial charge in [0, 0.05) is 55.4 Å². The number of carbonyl (C=O) groups excluding carboxylic acids is 1. The number of phenolic OH excluding ortho intramolecular Hbond substituents is 1. The molecule has 2 unspecified atom stereocenters. The summed E-state index contributed by atoms with van der Waals surface area (Å²) in [6, 6.07) is 15.0. The van der Waals surface area contributed by atoms with Crippen molar-refractivity contribution in [2.24, 2.45) is 5.92 Å². The highest BCUT2D eigenvalue weighted by Gasteiger charge is 2.41. The van der Waals surface area contributed by atoms with Gasteiger partial charge in [-0.2, -0.15) is 0 Å². The number of aromatic hydroxyl groups is 1. The molecule has 37 heavy (non-hydrogen) atoms. The number of nitrogens with zero attached hydrogens (tertiary/aromatic N) is 5. The van der Waals surface area contributed by atoms with Crippen LogP contribution >= 0.6 is 0 Å². The van der Waals surface area contributed by atoms with Gasteiger partial charge in [-0.1, -0.05) is 12.1 Å². The third-order valence-electron chi connectivity index (χ3n) is 8.10. The number of piperazine rings is 1. The van der Waals surface area contributed by atoms with E-state index < -0.39 is 0 Å². The largest absolute Gasteiger partial charge is 0.507 e. The standard InChI is InChI=1S/C28H31FN6O2/c29-23-8-7-19(13-25(23)33-11-9-18(17-36)10-12-33)35-20-5-6-21(35)16-34(15-20)26-14-24(31-32-28(26)30)22-3-1-2-4-27(22)37/h1-4,7-8,13-14,17-18,20-21,37H,5-6,9-12,15-16H2,(H2,30,32). The number of nitrogens with two attached hydrogens (primary N) is 1. The summed E-state index contributed by atoms with van der Waals surface area (Å²) in [6.07, 6.45) is 4.65. The Labute approximate surface area is 215 Å². The molecular weight excluding hydrogens is 471 g/mol. The number of hydrogen-bond acceptors (Lipinski definition) is 8. The molecule has 3 aromatic rings. The number of anilines is 4. The van der Waals surface area contributed by atoms with E-state index in [1.165, 1.54) is 0 Å². The Morgan fingerprint density at radius 2 is 1.65 bits per heavy atom. The van der Waals surface area contributed by atoms with E-state index in [2.05, 4.69) is 24.9 Å². The Morgan fingerprint density at radius 3 is 2.35 bits per heavy atom. The highest BCUT2D eigenvalue weighted by molar-refractivity contribution is 5.74. The zero-order valence-electron chi connectivity index (χ0n) is 20.6. The van der Waals surface area contributed by atoms with E-state index in [1.807, 2.05) is 30.3 Å². The van der Waals surface area contributed by atoms with Gasteiger partial charge in [-0.25, -0.2) is 4.39 Å². The number of rotatable bonds is 5. The summed E-state index contributed by atoms with van der Waals surface area (Å²) in [5.74, 6) is 0.384. The normalized spacial score (nSPS) is 21.9. The predicted octanol–water partition coefficient (Wildman–Crippen LogP) is 3.84. The van der Waals surface area contributed by atoms with Gasteiger partial charge < -0.3 is 30.3 Å². The van der Waals surface area contributed by atoms with E-state index in [0.29, 0.717) is 35.9 Å². The second-order valence-electron chi connectivity index (χ2n) is 10.3. The van der Waals surface area contributed by atoms with Crippen LogP contribution in [0.25, 0.3) is 11.3 Å². The molecule has 4 heterocycles. The third-order valence-corrected chi connectivity index (χ3v) is 8.10. The van der Waals surface area contributed by atoms with Crippen molar-refractivity contribution in [3.8, 4) is 17.0 Å². The van der Waals surface area contributed by atoms with E-state index in [-0.39, 0.29) is 29.6 Å². The topological polar surface area (TPSA) is 98.8 Å². The molecule has 2 bridgehead atoms. The molecule has 0 spiro atoms. The SMILES string of the molecule is Nc1nnc(-c2ccccc2O)cc1N1CC2CCC(C1)N2c1ccc(F)c(N2CCC(C=O)CC2)c1. The molecule has 3 fully saturated rings. The van der Waals surface area contributed by atoms with E-state index in [4.69, 9.17) is 5.73 Å². The molecular formula is C28H31FN6O2. The van der Waals surface area contributed by atoms with Gasteiger partial charge in [0.1, 0.15) is 17.9 Å². The number of carbonyl (C=O) groups is 1. The lowest BCUT2D eigenvalue weighted by Crippen LogP contribution is -2.54. The molecule has 0 aliphatic carbocycles. The van der Waals surface area contributed by atoms with Crippen LogP contribution in [0.4, 0.5) is 27.3 Å². The summed E-state index contributed by atoms with van der Waals surface area (Å²) < 4.78 is 14.9. The molecule has 3 aliphatic heterocycles. The summed E-state index contributed by atoms with van der Waals surface area (Å²) in [5.41, 5.74) is 9.96. The molecule has 2 atom stereocenters. The van der Waals surface area contributed by atoms with E-state index in [0.717, 1.165) is 56.4 Å². The number of piperidine rings is 1. The highest BCUT2D eigenvalue weighted by Crippen LogP contribution is 2.40. The molecule has 0 radical (unpaired) electrons. The molecule has 1 aromatic heterocycles. The maximum atomic E-state index is 14.9. The molecule has 3 N–H and O–H groups in total. The maximum absolute atomic E-state index is 14.9. The number of para-hydroxylation sites is 1. The molecule has 6 rings (SSSR count). The number of halogens is 1. The van der Waals surface area contributed by atoms with Gasteiger partial charge >= 0.3 is 0 Å². The second kappa shape index (κ2) is 9.53. The van der Waals surface area contributed by atoms with Crippen LogP contribution in [0.2, 0.25) is 0 Å². The Balaban J connectivity index is 1.24. The van der Waals surface area contributed by atoms with Crippen LogP contribution in [0.1, 0.15) is 25.7 Å². The number of aromatic nitrogens is 2. The van der Waals surface area contributed by atoms with Crippen LogP contribution in [0.5, 0.6) is 5.75 Å². The van der Waals surface area contributed by atoms with Crippen molar-refractivity contribution in [2.75, 3.05) is 46.6 Å². The number of phenols is 1. The van der Waals surface area contributed by atoms with Gasteiger partial charge in [0.15, 0.2) is 5.82 Å². The molecule has 3 saturated heterocycles. The lowest BCUT2D eigenvalue weighted by molar-refractivity contribution is -0.111. The second-order valence-corrected chi connectivity index (χ2v) is 10.3. The molecule has 0 saturated carbocycles. The first kappa shape index (κ1) is 23.5. The number of hydrogen-bond donors (Lipinski definition) is 2. The quantitative estimate of drug-likeness (QED) is 0.508. The molecule has 3 aliphatic rings. The predicted molar refractivity (Wildman–Crippen MR) is 142 cm³/mol. The third kappa shape index (κ3) is 4.32. The van der Waals surface area contributed by atoms with Crippen LogP contribution in [0.15, 0.2) is 48.5 Å². The van der Waals surface area contributed by atoms with E-state index >= 15 is 0 Å². The number of aldehydes is 1. The van der Waals surface area contributed by atoms with Crippen molar-refractivity contribution in [3.05, 3.63) is 54.3 Å². The maximum Gasteiger partial charge on any atom is 0.169 e. The molecule has 192 valence electrons. The van der Waals surface area contributed by atoms with Crippen molar-refractivity contribution in [1.29, 1.82) is 0 Å². The fourth-order valence-corrected chi connectivity index (χ4v) is 6.17. The summed E-state index contributed by atoms with van der Waals surface area (Å²) in [5, 5.41) is 18.7. The molecule has 9 heteroatoms. The van der Waals surface area contributed by atoms with Gasteiger partial charge in [0.05, 0.1) is 17.1 Å². The van der Waals surface area contributed by atoms with Crippen LogP contribution in [-0.2, 0) is 4.79 Å². The van der Waals surface area contributed by atoms with Crippen molar-refractivity contribution in [3.63, 3.8) is 0 Å². The Kier molecular flexibility index (Phi) is 6.06. The smallest absolute Gasteiger partial charge is 0.169 e. The van der Waals surface area contributed by atoms with E-state index in [1.54, 1.807) is 18.2 Å². The summed E-state index contributed by atoms with van der Waals surface area (Å²) >= 11 is 0.